The summed E-state index contributed by atoms with van der Waals surface area (Å²) in [6, 6.07) is 3.61. The molecule has 4 aliphatic heterocycles. The van der Waals surface area contributed by atoms with Crippen LogP contribution in [0.3, 0.4) is 0 Å². The summed E-state index contributed by atoms with van der Waals surface area (Å²) in [5.41, 5.74) is 3.19. The number of phenolic OH excluding ortho intramolecular Hbond substituents is 2. The van der Waals surface area contributed by atoms with Crippen LogP contribution in [0.4, 0.5) is 0 Å². The van der Waals surface area contributed by atoms with Crippen molar-refractivity contribution in [2.75, 3.05) is 0 Å². The molecule has 4 saturated carbocycles. The SMILES string of the molecule is CC1(C)CCC[C@]2(C)[C@H]3[C@@H]4Oc5c(O)cc6c7c5-c5c(c(O)cc(c54)O[C@@]3(C)CC[C@@H]12)O[C@H]7[C@@H]1[C@@]2(C)CCCC(C)(C)[C@@H]2CC[C@]1(C)O6. The van der Waals surface area contributed by atoms with Gasteiger partial charge in [-0.2, -0.15) is 0 Å². The fourth-order valence-electron chi connectivity index (χ4n) is 14.7. The molecule has 258 valence electrons. The van der Waals surface area contributed by atoms with E-state index in [1.54, 1.807) is 12.1 Å². The van der Waals surface area contributed by atoms with Crippen LogP contribution in [-0.2, 0) is 0 Å². The second kappa shape index (κ2) is 8.75. The highest BCUT2D eigenvalue weighted by atomic mass is 16.5. The second-order valence-corrected chi connectivity index (χ2v) is 19.8. The van der Waals surface area contributed by atoms with Crippen molar-refractivity contribution in [3.05, 3.63) is 23.3 Å². The Morgan fingerprint density at radius 2 is 0.958 bits per heavy atom. The molecule has 0 bridgehead atoms. The zero-order chi connectivity index (χ0) is 33.6. The minimum Gasteiger partial charge on any atom is -0.504 e. The van der Waals surface area contributed by atoms with Gasteiger partial charge in [-0.3, -0.25) is 0 Å². The van der Waals surface area contributed by atoms with Crippen LogP contribution in [0, 0.1) is 45.3 Å². The molecule has 4 aliphatic carbocycles. The van der Waals surface area contributed by atoms with Crippen LogP contribution in [0.25, 0.3) is 11.1 Å². The second-order valence-electron chi connectivity index (χ2n) is 19.8. The Hall–Kier alpha value is -2.76. The first-order valence-corrected chi connectivity index (χ1v) is 19.0. The van der Waals surface area contributed by atoms with Crippen molar-refractivity contribution in [3.8, 4) is 45.6 Å². The van der Waals surface area contributed by atoms with Crippen LogP contribution < -0.4 is 18.9 Å². The largest absolute Gasteiger partial charge is 0.504 e. The van der Waals surface area contributed by atoms with Crippen LogP contribution in [0.2, 0.25) is 0 Å². The van der Waals surface area contributed by atoms with Crippen LogP contribution in [0.1, 0.15) is 143 Å². The molecule has 8 aliphatic rings. The van der Waals surface area contributed by atoms with Gasteiger partial charge < -0.3 is 29.2 Å². The standard InChI is InChI=1S/C42H54O6/c1-37(2)13-9-15-39(5)25(37)11-17-41(7)35(39)33-27-23(47-41)19-22(44)32-29(27)30-28-24(20-21(43)31(30)45-33)48-42(8)18-12-26-38(3,4)14-10-16-40(26,6)36(42)34(28)46-32/h19-20,25-26,33-36,43-44H,9-18H2,1-8H3/t25-,26-,33+,34+,35+,36+,39-,40-,41-,42-/m0/s1. The number of fused-ring (bicyclic) bond motifs is 8. The molecule has 6 nitrogen and oxygen atoms in total. The molecular weight excluding hydrogens is 600 g/mol. The van der Waals surface area contributed by atoms with Gasteiger partial charge in [-0.25, -0.2) is 0 Å². The van der Waals surface area contributed by atoms with Gasteiger partial charge in [0.1, 0.15) is 34.9 Å². The maximum absolute atomic E-state index is 11.9. The Labute approximate surface area is 285 Å². The van der Waals surface area contributed by atoms with Gasteiger partial charge in [0, 0.05) is 46.2 Å². The Morgan fingerprint density at radius 3 is 1.35 bits per heavy atom. The lowest BCUT2D eigenvalue weighted by Crippen LogP contribution is -2.64. The Kier molecular flexibility index (Phi) is 5.48. The van der Waals surface area contributed by atoms with E-state index in [4.69, 9.17) is 18.9 Å². The normalized spacial score (nSPS) is 44.5. The van der Waals surface area contributed by atoms with Crippen molar-refractivity contribution in [2.45, 2.75) is 143 Å². The number of benzene rings is 2. The first-order valence-electron chi connectivity index (χ1n) is 19.0. The molecule has 0 saturated heterocycles. The average molecular weight is 655 g/mol. The molecular formula is C42H54O6. The van der Waals surface area contributed by atoms with Gasteiger partial charge in [0.25, 0.3) is 0 Å². The van der Waals surface area contributed by atoms with Crippen molar-refractivity contribution in [1.29, 1.82) is 0 Å². The minimum absolute atomic E-state index is 0.00826. The van der Waals surface area contributed by atoms with E-state index in [2.05, 4.69) is 55.4 Å². The molecule has 0 aromatic heterocycles. The summed E-state index contributed by atoms with van der Waals surface area (Å²) < 4.78 is 28.8. The number of hydrogen-bond acceptors (Lipinski definition) is 6. The lowest BCUT2D eigenvalue weighted by molar-refractivity contribution is -0.201. The number of phenols is 2. The fourth-order valence-corrected chi connectivity index (χ4v) is 14.7. The summed E-state index contributed by atoms with van der Waals surface area (Å²) in [7, 11) is 0. The maximum Gasteiger partial charge on any atom is 0.170 e. The molecule has 2 aromatic carbocycles. The summed E-state index contributed by atoms with van der Waals surface area (Å²) in [5.74, 6) is 3.90. The third-order valence-electron chi connectivity index (χ3n) is 16.3. The van der Waals surface area contributed by atoms with Gasteiger partial charge in [0.05, 0.1) is 0 Å². The Morgan fingerprint density at radius 1 is 0.562 bits per heavy atom. The third-order valence-corrected chi connectivity index (χ3v) is 16.3. The molecule has 0 amide bonds. The maximum atomic E-state index is 11.9. The van der Waals surface area contributed by atoms with Crippen molar-refractivity contribution >= 4 is 0 Å². The topological polar surface area (TPSA) is 77.4 Å². The van der Waals surface area contributed by atoms with E-state index in [-0.39, 0.29) is 57.2 Å². The van der Waals surface area contributed by atoms with Gasteiger partial charge in [0.15, 0.2) is 23.0 Å². The van der Waals surface area contributed by atoms with Crippen LogP contribution in [0.5, 0.6) is 34.5 Å². The van der Waals surface area contributed by atoms with Crippen molar-refractivity contribution in [1.82, 2.24) is 0 Å². The molecule has 4 fully saturated rings. The fraction of sp³-hybridized carbons (Fsp3) is 0.714. The average Bonchev–Trinajstić information content (AvgIpc) is 2.97. The number of rotatable bonds is 0. The summed E-state index contributed by atoms with van der Waals surface area (Å²) in [6.07, 6.45) is 10.6. The van der Waals surface area contributed by atoms with Crippen LogP contribution in [0.15, 0.2) is 12.1 Å². The lowest BCUT2D eigenvalue weighted by atomic mass is 9.43. The molecule has 10 rings (SSSR count). The molecule has 6 heteroatoms. The van der Waals surface area contributed by atoms with Gasteiger partial charge in [-0.05, 0) is 98.7 Å². The third kappa shape index (κ3) is 3.37. The van der Waals surface area contributed by atoms with E-state index in [1.165, 1.54) is 25.7 Å². The quantitative estimate of drug-likeness (QED) is 0.294. The van der Waals surface area contributed by atoms with Gasteiger partial charge >= 0.3 is 0 Å². The van der Waals surface area contributed by atoms with E-state index in [1.807, 2.05) is 0 Å². The Balaban J connectivity index is 1.20. The highest BCUT2D eigenvalue weighted by Crippen LogP contribution is 2.75. The van der Waals surface area contributed by atoms with Crippen molar-refractivity contribution < 1.29 is 29.2 Å². The molecule has 0 unspecified atom stereocenters. The lowest BCUT2D eigenvalue weighted by Gasteiger charge is -2.66. The minimum atomic E-state index is -0.458. The molecule has 0 radical (unpaired) electrons. The molecule has 0 spiro atoms. The summed E-state index contributed by atoms with van der Waals surface area (Å²) in [6.45, 7) is 19.3. The zero-order valence-electron chi connectivity index (χ0n) is 30.2. The monoisotopic (exact) mass is 654 g/mol. The molecule has 2 N–H and O–H groups in total. The Bertz CT molecular complexity index is 1660. The molecule has 4 heterocycles. The predicted molar refractivity (Wildman–Crippen MR) is 184 cm³/mol. The van der Waals surface area contributed by atoms with Crippen LogP contribution in [-0.4, -0.2) is 21.4 Å². The highest BCUT2D eigenvalue weighted by molar-refractivity contribution is 5.92. The highest BCUT2D eigenvalue weighted by Gasteiger charge is 2.68. The van der Waals surface area contributed by atoms with E-state index in [0.717, 1.165) is 60.8 Å². The van der Waals surface area contributed by atoms with Gasteiger partial charge in [0.2, 0.25) is 0 Å². The first-order chi connectivity index (χ1) is 22.5. The smallest absolute Gasteiger partial charge is 0.170 e. The van der Waals surface area contributed by atoms with Crippen molar-refractivity contribution in [2.24, 2.45) is 45.3 Å². The zero-order valence-corrected chi connectivity index (χ0v) is 30.2. The summed E-state index contributed by atoms with van der Waals surface area (Å²) in [4.78, 5) is 0. The van der Waals surface area contributed by atoms with Crippen molar-refractivity contribution in [3.63, 3.8) is 0 Å². The van der Waals surface area contributed by atoms with E-state index in [9.17, 15) is 10.2 Å². The number of hydrogen-bond donors (Lipinski definition) is 2. The number of ether oxygens (including phenoxy) is 4. The van der Waals surface area contributed by atoms with Crippen LogP contribution >= 0.6 is 0 Å². The first kappa shape index (κ1) is 30.1. The number of aromatic hydroxyl groups is 2. The predicted octanol–water partition coefficient (Wildman–Crippen LogP) is 10.4. The molecule has 48 heavy (non-hydrogen) atoms. The summed E-state index contributed by atoms with van der Waals surface area (Å²) in [5, 5.41) is 23.8. The van der Waals surface area contributed by atoms with Gasteiger partial charge in [-0.1, -0.05) is 54.4 Å². The van der Waals surface area contributed by atoms with Gasteiger partial charge in [-0.15, -0.1) is 0 Å². The van der Waals surface area contributed by atoms with E-state index in [0.29, 0.717) is 34.8 Å². The molecule has 10 atom stereocenters. The summed E-state index contributed by atoms with van der Waals surface area (Å²) >= 11 is 0. The van der Waals surface area contributed by atoms with E-state index < -0.39 is 11.2 Å². The molecule has 2 aromatic rings. The van der Waals surface area contributed by atoms with E-state index >= 15 is 0 Å².